The van der Waals surface area contributed by atoms with Crippen molar-refractivity contribution in [3.8, 4) is 0 Å². The first kappa shape index (κ1) is 16.6. The Kier molecular flexibility index (Phi) is 15.3. The number of aliphatic hydroxyl groups excluding tert-OH is 2. The first-order valence-corrected chi connectivity index (χ1v) is 2.92. The van der Waals surface area contributed by atoms with Crippen LogP contribution in [0.25, 0.3) is 0 Å². The molecule has 0 fully saturated rings. The molecule has 10 heavy (non-hydrogen) atoms. The van der Waals surface area contributed by atoms with Crippen molar-refractivity contribution in [2.45, 2.75) is 0 Å². The Labute approximate surface area is 69.3 Å². The van der Waals surface area contributed by atoms with Gasteiger partial charge in [-0.05, 0) is 0 Å². The maximum absolute atomic E-state index is 7.62. The zero-order chi connectivity index (χ0) is 7.91. The fraction of sp³-hybridized carbons (Fsp3) is 1.00. The molecule has 0 aliphatic carbocycles. The van der Waals surface area contributed by atoms with Gasteiger partial charge < -0.3 is 27.1 Å². The van der Waals surface area contributed by atoms with E-state index in [1.807, 2.05) is 0 Å². The second-order valence-corrected chi connectivity index (χ2v) is 3.13. The van der Waals surface area contributed by atoms with E-state index in [-0.39, 0.29) is 25.6 Å². The number of aliphatic hydroxyl groups is 2. The van der Waals surface area contributed by atoms with Crippen LogP contribution < -0.4 is 12.4 Å². The molecule has 0 aromatic heterocycles. The van der Waals surface area contributed by atoms with Gasteiger partial charge in [-0.15, -0.1) is 0 Å². The van der Waals surface area contributed by atoms with E-state index in [1.165, 1.54) is 0 Å². The molecule has 0 rings (SSSR count). The third-order valence-corrected chi connectivity index (χ3v) is 0.1000. The van der Waals surface area contributed by atoms with E-state index in [4.69, 9.17) is 10.2 Å². The smallest absolute Gasteiger partial charge is 0.0675 e. The monoisotopic (exact) mass is 171 g/mol. The lowest BCUT2D eigenvalue weighted by atomic mass is 10.8. The van der Waals surface area contributed by atoms with Crippen molar-refractivity contribution in [2.75, 3.05) is 41.4 Å². The average molecular weight is 172 g/mol. The molecular weight excluding hydrogens is 154 g/mol. The molecule has 0 atom stereocenters. The molecule has 0 radical (unpaired) electrons. The standard InChI is InChI=1S/C4H12N.C2H6O2.ClH/c1-5(2,3)4;3-1-2-4;/h1-4H3;3-4H,1-2H2;1H/q+1;;/p-1. The zero-order valence-electron chi connectivity index (χ0n) is 7.13. The van der Waals surface area contributed by atoms with Crippen LogP contribution in [-0.4, -0.2) is 56.1 Å². The second kappa shape index (κ2) is 9.17. The molecule has 66 valence electrons. The average Bonchev–Trinajstić information content (AvgIpc) is 1.61. The van der Waals surface area contributed by atoms with Crippen LogP contribution in [0.2, 0.25) is 0 Å². The third kappa shape index (κ3) is 307. The quantitative estimate of drug-likeness (QED) is 0.399. The molecule has 0 unspecified atom stereocenters. The molecule has 0 bridgehead atoms. The Morgan fingerprint density at radius 3 is 1.00 bits per heavy atom. The topological polar surface area (TPSA) is 40.5 Å². The highest BCUT2D eigenvalue weighted by Crippen LogP contribution is 1.73. The number of hydrogen-bond acceptors (Lipinski definition) is 2. The SMILES string of the molecule is C[N+](C)(C)C.OCCO.[Cl-]. The van der Waals surface area contributed by atoms with E-state index in [9.17, 15) is 0 Å². The van der Waals surface area contributed by atoms with Gasteiger partial charge in [0.25, 0.3) is 0 Å². The van der Waals surface area contributed by atoms with Crippen LogP contribution in [-0.2, 0) is 0 Å². The van der Waals surface area contributed by atoms with Gasteiger partial charge in [0.2, 0.25) is 0 Å². The molecule has 0 saturated carbocycles. The largest absolute Gasteiger partial charge is 1.00 e. The molecule has 0 saturated heterocycles. The minimum Gasteiger partial charge on any atom is -1.00 e. The van der Waals surface area contributed by atoms with Gasteiger partial charge in [-0.25, -0.2) is 0 Å². The van der Waals surface area contributed by atoms with E-state index in [0.717, 1.165) is 4.48 Å². The minimum atomic E-state index is -0.125. The number of rotatable bonds is 1. The maximum Gasteiger partial charge on any atom is 0.0675 e. The fourth-order valence-electron chi connectivity index (χ4n) is 0. The lowest BCUT2D eigenvalue weighted by molar-refractivity contribution is -0.849. The number of hydrogen-bond donors (Lipinski definition) is 2. The summed E-state index contributed by atoms with van der Waals surface area (Å²) in [6, 6.07) is 0. The predicted molar refractivity (Wildman–Crippen MR) is 38.1 cm³/mol. The number of quaternary nitrogens is 1. The lowest BCUT2D eigenvalue weighted by Crippen LogP contribution is -3.00. The van der Waals surface area contributed by atoms with Crippen LogP contribution in [0.3, 0.4) is 0 Å². The predicted octanol–water partition coefficient (Wildman–Crippen LogP) is -3.70. The highest BCUT2D eigenvalue weighted by Gasteiger charge is 1.88. The molecular formula is C6H18ClNO2. The molecule has 4 heteroatoms. The normalized spacial score (nSPS) is 9.00. The van der Waals surface area contributed by atoms with Crippen LogP contribution in [0.4, 0.5) is 0 Å². The Morgan fingerprint density at radius 2 is 1.00 bits per heavy atom. The van der Waals surface area contributed by atoms with Crippen molar-refractivity contribution in [3.05, 3.63) is 0 Å². The Morgan fingerprint density at radius 1 is 0.900 bits per heavy atom. The van der Waals surface area contributed by atoms with Crippen molar-refractivity contribution in [1.29, 1.82) is 0 Å². The molecule has 0 aliphatic rings. The molecule has 3 nitrogen and oxygen atoms in total. The lowest BCUT2D eigenvalue weighted by Gasteiger charge is -2.14. The summed E-state index contributed by atoms with van der Waals surface area (Å²) in [6.45, 7) is -0.250. The van der Waals surface area contributed by atoms with E-state index < -0.39 is 0 Å². The molecule has 0 aromatic carbocycles. The maximum atomic E-state index is 7.62. The van der Waals surface area contributed by atoms with Crippen LogP contribution in [0.1, 0.15) is 0 Å². The van der Waals surface area contributed by atoms with Crippen LogP contribution in [0.15, 0.2) is 0 Å². The summed E-state index contributed by atoms with van der Waals surface area (Å²) in [6.07, 6.45) is 0. The molecule has 2 N–H and O–H groups in total. The Hall–Kier alpha value is 0.170. The van der Waals surface area contributed by atoms with Gasteiger partial charge in [0.1, 0.15) is 0 Å². The first-order valence-electron chi connectivity index (χ1n) is 2.92. The van der Waals surface area contributed by atoms with Crippen molar-refractivity contribution < 1.29 is 27.1 Å². The van der Waals surface area contributed by atoms with Crippen molar-refractivity contribution in [3.63, 3.8) is 0 Å². The fourth-order valence-corrected chi connectivity index (χ4v) is 0. The van der Waals surface area contributed by atoms with E-state index in [0.29, 0.717) is 0 Å². The van der Waals surface area contributed by atoms with E-state index in [1.54, 1.807) is 0 Å². The minimum absolute atomic E-state index is 0. The molecule has 0 spiro atoms. The summed E-state index contributed by atoms with van der Waals surface area (Å²) in [5.41, 5.74) is 0. The molecule has 0 amide bonds. The summed E-state index contributed by atoms with van der Waals surface area (Å²) in [5.74, 6) is 0. The number of nitrogens with zero attached hydrogens (tertiary/aromatic N) is 1. The molecule has 0 heterocycles. The van der Waals surface area contributed by atoms with Crippen molar-refractivity contribution in [2.24, 2.45) is 0 Å². The highest BCUT2D eigenvalue weighted by atomic mass is 35.5. The van der Waals surface area contributed by atoms with E-state index >= 15 is 0 Å². The Balaban J connectivity index is -0.0000000910. The van der Waals surface area contributed by atoms with Crippen molar-refractivity contribution >= 4 is 0 Å². The van der Waals surface area contributed by atoms with Gasteiger partial charge in [-0.2, -0.15) is 0 Å². The van der Waals surface area contributed by atoms with Gasteiger partial charge in [-0.1, -0.05) is 0 Å². The van der Waals surface area contributed by atoms with Crippen LogP contribution >= 0.6 is 0 Å². The van der Waals surface area contributed by atoms with Gasteiger partial charge in [0.15, 0.2) is 0 Å². The second-order valence-electron chi connectivity index (χ2n) is 3.13. The van der Waals surface area contributed by atoms with Crippen LogP contribution in [0, 0.1) is 0 Å². The highest BCUT2D eigenvalue weighted by molar-refractivity contribution is 4.06. The van der Waals surface area contributed by atoms with Gasteiger partial charge in [-0.3, -0.25) is 0 Å². The summed E-state index contributed by atoms with van der Waals surface area (Å²) < 4.78 is 1.00. The number of halogens is 1. The van der Waals surface area contributed by atoms with Gasteiger partial charge in [0.05, 0.1) is 41.4 Å². The summed E-state index contributed by atoms with van der Waals surface area (Å²) in [4.78, 5) is 0. The zero-order valence-corrected chi connectivity index (χ0v) is 7.89. The van der Waals surface area contributed by atoms with E-state index in [2.05, 4.69) is 28.2 Å². The van der Waals surface area contributed by atoms with Crippen LogP contribution in [0.5, 0.6) is 0 Å². The van der Waals surface area contributed by atoms with Gasteiger partial charge in [0, 0.05) is 0 Å². The summed E-state index contributed by atoms with van der Waals surface area (Å²) >= 11 is 0. The molecule has 0 aliphatic heterocycles. The Bertz CT molecular complexity index is 46.2. The van der Waals surface area contributed by atoms with Crippen molar-refractivity contribution in [1.82, 2.24) is 0 Å². The summed E-state index contributed by atoms with van der Waals surface area (Å²) in [7, 11) is 8.50. The molecule has 0 aromatic rings. The third-order valence-electron chi connectivity index (χ3n) is 0.1000. The first-order chi connectivity index (χ1) is 3.91. The summed E-state index contributed by atoms with van der Waals surface area (Å²) in [5, 5.41) is 15.2. The van der Waals surface area contributed by atoms with Gasteiger partial charge >= 0.3 is 0 Å².